The molecule has 0 saturated carbocycles. The number of anilines is 2. The average molecular weight is 251 g/mol. The van der Waals surface area contributed by atoms with Crippen molar-refractivity contribution >= 4 is 17.4 Å². The third kappa shape index (κ3) is 2.61. The van der Waals surface area contributed by atoms with Gasteiger partial charge in [0.05, 0.1) is 6.61 Å². The summed E-state index contributed by atoms with van der Waals surface area (Å²) in [5, 5.41) is 5.82. The highest BCUT2D eigenvalue weighted by molar-refractivity contribution is 5.86. The third-order valence-corrected chi connectivity index (χ3v) is 2.72. The summed E-state index contributed by atoms with van der Waals surface area (Å²) < 4.78 is 5.28. The van der Waals surface area contributed by atoms with Gasteiger partial charge in [0.2, 0.25) is 11.8 Å². The predicted molar refractivity (Wildman–Crippen MR) is 67.3 cm³/mol. The minimum Gasteiger partial charge on any atom is -0.476 e. The van der Waals surface area contributed by atoms with Gasteiger partial charge < -0.3 is 21.1 Å². The molecule has 0 radical (unpaired) electrons. The van der Waals surface area contributed by atoms with Gasteiger partial charge in [0.1, 0.15) is 18.1 Å². The number of hydrogen-bond acceptors (Lipinski definition) is 6. The molecule has 0 aromatic carbocycles. The first-order chi connectivity index (χ1) is 8.72. The van der Waals surface area contributed by atoms with Crippen molar-refractivity contribution in [2.24, 2.45) is 0 Å². The van der Waals surface area contributed by atoms with E-state index in [2.05, 4.69) is 20.6 Å². The van der Waals surface area contributed by atoms with Crippen LogP contribution >= 0.6 is 0 Å². The van der Waals surface area contributed by atoms with Gasteiger partial charge >= 0.3 is 0 Å². The molecule has 1 unspecified atom stereocenters. The minimum atomic E-state index is -0.301. The van der Waals surface area contributed by atoms with Crippen molar-refractivity contribution in [1.29, 1.82) is 0 Å². The largest absolute Gasteiger partial charge is 0.476 e. The number of nitrogens with two attached hydrogens (primary N) is 1. The van der Waals surface area contributed by atoms with Crippen LogP contribution in [0.2, 0.25) is 0 Å². The van der Waals surface area contributed by atoms with Crippen molar-refractivity contribution in [3.63, 3.8) is 0 Å². The van der Waals surface area contributed by atoms with E-state index in [-0.39, 0.29) is 11.9 Å². The van der Waals surface area contributed by atoms with Crippen molar-refractivity contribution in [3.05, 3.63) is 6.33 Å². The van der Waals surface area contributed by atoms with Crippen molar-refractivity contribution < 1.29 is 9.53 Å². The van der Waals surface area contributed by atoms with Crippen LogP contribution in [0.5, 0.6) is 5.88 Å². The first kappa shape index (κ1) is 12.4. The molecule has 2 heterocycles. The molecule has 0 spiro atoms. The Labute approximate surface area is 105 Å². The number of piperidine rings is 1. The van der Waals surface area contributed by atoms with Gasteiger partial charge in [0.25, 0.3) is 0 Å². The van der Waals surface area contributed by atoms with Crippen LogP contribution in [0.15, 0.2) is 6.33 Å². The Morgan fingerprint density at radius 2 is 2.44 bits per heavy atom. The molecule has 1 aliphatic heterocycles. The Balaban J connectivity index is 2.13. The fourth-order valence-corrected chi connectivity index (χ4v) is 1.82. The first-order valence-electron chi connectivity index (χ1n) is 6.00. The molecule has 1 fully saturated rings. The average Bonchev–Trinajstić information content (AvgIpc) is 2.37. The molecule has 7 nitrogen and oxygen atoms in total. The number of nitrogen functional groups attached to an aromatic ring is 1. The molecular weight excluding hydrogens is 234 g/mol. The SMILES string of the molecule is CCOc1ncnc(NC2CCCNC2=O)c1N. The number of amides is 1. The van der Waals surface area contributed by atoms with Gasteiger partial charge in [-0.25, -0.2) is 4.98 Å². The van der Waals surface area contributed by atoms with E-state index in [4.69, 9.17) is 10.5 Å². The topological polar surface area (TPSA) is 102 Å². The van der Waals surface area contributed by atoms with Crippen LogP contribution in [-0.2, 0) is 4.79 Å². The van der Waals surface area contributed by atoms with Gasteiger partial charge in [0, 0.05) is 6.54 Å². The Hall–Kier alpha value is -2.05. The normalized spacial score (nSPS) is 19.2. The molecule has 1 aliphatic rings. The van der Waals surface area contributed by atoms with Gasteiger partial charge in [-0.2, -0.15) is 4.98 Å². The van der Waals surface area contributed by atoms with E-state index < -0.39 is 0 Å². The standard InChI is InChI=1S/C11H17N5O2/c1-2-18-11-8(12)9(14-6-15-11)16-7-4-3-5-13-10(7)17/h6-7H,2-5,12H2,1H3,(H,13,17)(H,14,15,16). The summed E-state index contributed by atoms with van der Waals surface area (Å²) >= 11 is 0. The predicted octanol–water partition coefficient (Wildman–Crippen LogP) is 0.148. The van der Waals surface area contributed by atoms with Crippen molar-refractivity contribution in [3.8, 4) is 5.88 Å². The van der Waals surface area contributed by atoms with E-state index in [0.29, 0.717) is 24.0 Å². The van der Waals surface area contributed by atoms with Crippen LogP contribution in [0.3, 0.4) is 0 Å². The van der Waals surface area contributed by atoms with Crippen LogP contribution in [0.4, 0.5) is 11.5 Å². The van der Waals surface area contributed by atoms with Crippen LogP contribution in [0.25, 0.3) is 0 Å². The number of aromatic nitrogens is 2. The fourth-order valence-electron chi connectivity index (χ4n) is 1.82. The lowest BCUT2D eigenvalue weighted by Gasteiger charge is -2.23. The lowest BCUT2D eigenvalue weighted by atomic mass is 10.1. The molecule has 1 aromatic heterocycles. The van der Waals surface area contributed by atoms with Gasteiger partial charge in [-0.1, -0.05) is 0 Å². The molecule has 0 aliphatic carbocycles. The summed E-state index contributed by atoms with van der Waals surface area (Å²) in [6.45, 7) is 3.05. The van der Waals surface area contributed by atoms with E-state index in [0.717, 1.165) is 19.4 Å². The number of hydrogen-bond donors (Lipinski definition) is 3. The monoisotopic (exact) mass is 251 g/mol. The Bertz CT molecular complexity index is 437. The molecule has 4 N–H and O–H groups in total. The number of nitrogens with one attached hydrogen (secondary N) is 2. The summed E-state index contributed by atoms with van der Waals surface area (Å²) in [6.07, 6.45) is 3.07. The molecule has 1 saturated heterocycles. The van der Waals surface area contributed by atoms with Gasteiger partial charge in [-0.15, -0.1) is 0 Å². The minimum absolute atomic E-state index is 0.0303. The second-order valence-corrected chi connectivity index (χ2v) is 4.00. The van der Waals surface area contributed by atoms with E-state index >= 15 is 0 Å². The second-order valence-electron chi connectivity index (χ2n) is 4.00. The molecule has 1 atom stereocenters. The highest BCUT2D eigenvalue weighted by Gasteiger charge is 2.23. The Kier molecular flexibility index (Phi) is 3.81. The Morgan fingerprint density at radius 3 is 3.17 bits per heavy atom. The number of ether oxygens (including phenoxy) is 1. The zero-order valence-corrected chi connectivity index (χ0v) is 10.3. The number of carbonyl (C=O) groups excluding carboxylic acids is 1. The molecule has 1 aromatic rings. The van der Waals surface area contributed by atoms with E-state index in [1.807, 2.05) is 6.92 Å². The third-order valence-electron chi connectivity index (χ3n) is 2.72. The van der Waals surface area contributed by atoms with E-state index in [1.54, 1.807) is 0 Å². The number of nitrogens with zero attached hydrogens (tertiary/aromatic N) is 2. The zero-order valence-electron chi connectivity index (χ0n) is 10.3. The number of rotatable bonds is 4. The molecule has 2 rings (SSSR count). The molecule has 1 amide bonds. The number of carbonyl (C=O) groups is 1. The summed E-state index contributed by atoms with van der Waals surface area (Å²) in [5.74, 6) is 0.749. The quantitative estimate of drug-likeness (QED) is 0.704. The first-order valence-corrected chi connectivity index (χ1v) is 6.00. The summed E-state index contributed by atoms with van der Waals surface area (Å²) in [5.41, 5.74) is 6.22. The van der Waals surface area contributed by atoms with Crippen LogP contribution in [0, 0.1) is 0 Å². The zero-order chi connectivity index (χ0) is 13.0. The maximum Gasteiger partial charge on any atom is 0.242 e. The van der Waals surface area contributed by atoms with Gasteiger partial charge in [-0.05, 0) is 19.8 Å². The smallest absolute Gasteiger partial charge is 0.242 e. The second kappa shape index (κ2) is 5.52. The molecule has 98 valence electrons. The summed E-state index contributed by atoms with van der Waals surface area (Å²) in [6, 6.07) is -0.301. The van der Waals surface area contributed by atoms with E-state index in [9.17, 15) is 4.79 Å². The van der Waals surface area contributed by atoms with Gasteiger partial charge in [-0.3, -0.25) is 4.79 Å². The van der Waals surface area contributed by atoms with Gasteiger partial charge in [0.15, 0.2) is 5.82 Å². The maximum absolute atomic E-state index is 11.6. The van der Waals surface area contributed by atoms with Crippen LogP contribution in [-0.4, -0.2) is 35.1 Å². The fraction of sp³-hybridized carbons (Fsp3) is 0.545. The molecule has 7 heteroatoms. The highest BCUT2D eigenvalue weighted by Crippen LogP contribution is 2.25. The molecule has 18 heavy (non-hydrogen) atoms. The maximum atomic E-state index is 11.6. The lowest BCUT2D eigenvalue weighted by molar-refractivity contribution is -0.123. The van der Waals surface area contributed by atoms with Crippen molar-refractivity contribution in [2.75, 3.05) is 24.2 Å². The van der Waals surface area contributed by atoms with Crippen molar-refractivity contribution in [1.82, 2.24) is 15.3 Å². The van der Waals surface area contributed by atoms with Crippen LogP contribution < -0.4 is 21.1 Å². The molecular formula is C11H17N5O2. The lowest BCUT2D eigenvalue weighted by Crippen LogP contribution is -2.44. The van der Waals surface area contributed by atoms with E-state index in [1.165, 1.54) is 6.33 Å². The van der Waals surface area contributed by atoms with Crippen LogP contribution in [0.1, 0.15) is 19.8 Å². The van der Waals surface area contributed by atoms with Crippen molar-refractivity contribution in [2.45, 2.75) is 25.8 Å². The summed E-state index contributed by atoms with van der Waals surface area (Å²) in [7, 11) is 0. The summed E-state index contributed by atoms with van der Waals surface area (Å²) in [4.78, 5) is 19.6. The highest BCUT2D eigenvalue weighted by atomic mass is 16.5. The molecule has 0 bridgehead atoms. The Morgan fingerprint density at radius 1 is 1.61 bits per heavy atom.